The van der Waals surface area contributed by atoms with E-state index in [1.165, 1.54) is 0 Å². The van der Waals surface area contributed by atoms with Gasteiger partial charge in [-0.25, -0.2) is 4.98 Å². The lowest BCUT2D eigenvalue weighted by atomic mass is 9.96. The Hall–Kier alpha value is -2.84. The largest absolute Gasteiger partial charge is 0.340 e. The van der Waals surface area contributed by atoms with Crippen LogP contribution in [-0.2, 0) is 0 Å². The van der Waals surface area contributed by atoms with Gasteiger partial charge in [-0.3, -0.25) is 0 Å². The van der Waals surface area contributed by atoms with Crippen molar-refractivity contribution in [2.75, 3.05) is 5.32 Å². The Kier molecular flexibility index (Phi) is 3.68. The number of hydrogen-bond donors (Lipinski definition) is 1. The lowest BCUT2D eigenvalue weighted by Gasteiger charge is -2.18. The van der Waals surface area contributed by atoms with E-state index >= 15 is 0 Å². The van der Waals surface area contributed by atoms with Gasteiger partial charge in [0.25, 0.3) is 0 Å². The number of nitrogens with one attached hydrogen (secondary N) is 1. The number of aromatic nitrogens is 1. The molecule has 2 nitrogen and oxygen atoms in total. The SMILES string of the molecule is C=C1C=Cc2cc(-c3cccc(Cl)c3)c(-c3ccccc3)nc2N1. The predicted octanol–water partition coefficient (Wildman–Crippen LogP) is 6.02. The van der Waals surface area contributed by atoms with Crippen LogP contribution in [0.5, 0.6) is 0 Å². The highest BCUT2D eigenvalue weighted by Gasteiger charge is 2.16. The first kappa shape index (κ1) is 14.7. The molecule has 0 saturated heterocycles. The minimum Gasteiger partial charge on any atom is -0.340 e. The van der Waals surface area contributed by atoms with Gasteiger partial charge in [-0.1, -0.05) is 60.6 Å². The van der Waals surface area contributed by atoms with Gasteiger partial charge in [-0.2, -0.15) is 0 Å². The van der Waals surface area contributed by atoms with E-state index in [1.807, 2.05) is 48.6 Å². The highest BCUT2D eigenvalue weighted by atomic mass is 35.5. The van der Waals surface area contributed by atoms with Crippen molar-refractivity contribution in [1.29, 1.82) is 0 Å². The summed E-state index contributed by atoms with van der Waals surface area (Å²) in [7, 11) is 0. The maximum Gasteiger partial charge on any atom is 0.138 e. The number of pyridine rings is 1. The third-order valence-corrected chi connectivity index (χ3v) is 4.21. The Labute approximate surface area is 146 Å². The number of benzene rings is 2. The van der Waals surface area contributed by atoms with Gasteiger partial charge in [-0.05, 0) is 35.9 Å². The summed E-state index contributed by atoms with van der Waals surface area (Å²) in [5.74, 6) is 0.826. The molecule has 1 aromatic heterocycles. The van der Waals surface area contributed by atoms with Crippen LogP contribution in [0, 0.1) is 0 Å². The van der Waals surface area contributed by atoms with Gasteiger partial charge in [0.05, 0.1) is 5.69 Å². The summed E-state index contributed by atoms with van der Waals surface area (Å²) in [6.45, 7) is 3.95. The van der Waals surface area contributed by atoms with E-state index in [-0.39, 0.29) is 0 Å². The molecule has 0 amide bonds. The van der Waals surface area contributed by atoms with E-state index < -0.39 is 0 Å². The van der Waals surface area contributed by atoms with Crippen LogP contribution >= 0.6 is 11.6 Å². The molecular weight excluding hydrogens is 316 g/mol. The standard InChI is InChI=1S/C21H15ClN2/c1-14-10-11-17-13-19(16-8-5-9-18(22)12-16)20(24-21(17)23-14)15-6-3-2-4-7-15/h2-13H,1H2,(H,23,24). The zero-order valence-electron chi connectivity index (χ0n) is 13.0. The molecule has 1 aliphatic rings. The molecule has 3 heteroatoms. The minimum atomic E-state index is 0.714. The van der Waals surface area contributed by atoms with Crippen LogP contribution in [0.3, 0.4) is 0 Å². The zero-order valence-corrected chi connectivity index (χ0v) is 13.7. The molecule has 1 N–H and O–H groups in total. The molecule has 0 atom stereocenters. The summed E-state index contributed by atoms with van der Waals surface area (Å²) < 4.78 is 0. The molecule has 0 spiro atoms. The molecule has 4 rings (SSSR count). The molecule has 24 heavy (non-hydrogen) atoms. The van der Waals surface area contributed by atoms with Gasteiger partial charge in [0, 0.05) is 27.4 Å². The average Bonchev–Trinajstić information content (AvgIpc) is 2.61. The summed E-state index contributed by atoms with van der Waals surface area (Å²) in [5, 5.41) is 3.96. The second kappa shape index (κ2) is 5.99. The smallest absolute Gasteiger partial charge is 0.138 e. The number of rotatable bonds is 2. The Morgan fingerprint density at radius 2 is 1.67 bits per heavy atom. The second-order valence-corrected chi connectivity index (χ2v) is 6.12. The summed E-state index contributed by atoms with van der Waals surface area (Å²) >= 11 is 6.20. The van der Waals surface area contributed by atoms with Crippen molar-refractivity contribution >= 4 is 23.5 Å². The van der Waals surface area contributed by atoms with Crippen molar-refractivity contribution in [3.8, 4) is 22.4 Å². The monoisotopic (exact) mass is 330 g/mol. The van der Waals surface area contributed by atoms with Gasteiger partial charge in [0.2, 0.25) is 0 Å². The molecule has 0 aliphatic carbocycles. The van der Waals surface area contributed by atoms with Crippen molar-refractivity contribution in [3.63, 3.8) is 0 Å². The molecule has 116 valence electrons. The number of allylic oxidation sites excluding steroid dienone is 1. The average molecular weight is 331 g/mol. The Morgan fingerprint density at radius 1 is 0.875 bits per heavy atom. The molecule has 2 heterocycles. The molecule has 0 saturated carbocycles. The maximum atomic E-state index is 6.20. The zero-order chi connectivity index (χ0) is 16.5. The highest BCUT2D eigenvalue weighted by molar-refractivity contribution is 6.30. The molecule has 3 aromatic rings. The van der Waals surface area contributed by atoms with Crippen LogP contribution in [0.1, 0.15) is 5.56 Å². The Bertz CT molecular complexity index is 959. The summed E-state index contributed by atoms with van der Waals surface area (Å²) in [6.07, 6.45) is 3.98. The van der Waals surface area contributed by atoms with Crippen molar-refractivity contribution < 1.29 is 0 Å². The van der Waals surface area contributed by atoms with E-state index in [9.17, 15) is 0 Å². The molecule has 0 radical (unpaired) electrons. The lowest BCUT2D eigenvalue weighted by molar-refractivity contribution is 1.27. The van der Waals surface area contributed by atoms with Crippen molar-refractivity contribution in [1.82, 2.24) is 4.98 Å². The number of nitrogens with zero attached hydrogens (tertiary/aromatic N) is 1. The lowest BCUT2D eigenvalue weighted by Crippen LogP contribution is -2.06. The molecular formula is C21H15ClN2. The van der Waals surface area contributed by atoms with Crippen LogP contribution in [0.15, 0.2) is 79.0 Å². The van der Waals surface area contributed by atoms with E-state index in [2.05, 4.69) is 36.2 Å². The predicted molar refractivity (Wildman–Crippen MR) is 102 cm³/mol. The van der Waals surface area contributed by atoms with Crippen LogP contribution in [0.2, 0.25) is 5.02 Å². The fraction of sp³-hybridized carbons (Fsp3) is 0. The van der Waals surface area contributed by atoms with E-state index in [4.69, 9.17) is 16.6 Å². The molecule has 1 aliphatic heterocycles. The number of halogens is 1. The Balaban J connectivity index is 1.98. The normalized spacial score (nSPS) is 12.6. The first-order valence-corrected chi connectivity index (χ1v) is 8.09. The fourth-order valence-corrected chi connectivity index (χ4v) is 3.02. The second-order valence-electron chi connectivity index (χ2n) is 5.68. The molecule has 0 unspecified atom stereocenters. The van der Waals surface area contributed by atoms with Crippen LogP contribution in [0.25, 0.3) is 28.5 Å². The third-order valence-electron chi connectivity index (χ3n) is 3.98. The first-order chi connectivity index (χ1) is 11.7. The van der Waals surface area contributed by atoms with Crippen LogP contribution < -0.4 is 5.32 Å². The topological polar surface area (TPSA) is 24.9 Å². The molecule has 2 aromatic carbocycles. The van der Waals surface area contributed by atoms with Gasteiger partial charge >= 0.3 is 0 Å². The minimum absolute atomic E-state index is 0.714. The quantitative estimate of drug-likeness (QED) is 0.621. The summed E-state index contributed by atoms with van der Waals surface area (Å²) in [6, 6.07) is 20.2. The first-order valence-electron chi connectivity index (χ1n) is 7.71. The fourth-order valence-electron chi connectivity index (χ4n) is 2.83. The highest BCUT2D eigenvalue weighted by Crippen LogP contribution is 2.36. The van der Waals surface area contributed by atoms with Gasteiger partial charge < -0.3 is 5.32 Å². The summed E-state index contributed by atoms with van der Waals surface area (Å²) in [5.41, 5.74) is 5.97. The van der Waals surface area contributed by atoms with Crippen LogP contribution in [-0.4, -0.2) is 4.98 Å². The van der Waals surface area contributed by atoms with E-state index in [0.717, 1.165) is 39.5 Å². The van der Waals surface area contributed by atoms with Crippen LogP contribution in [0.4, 0.5) is 5.82 Å². The molecule has 0 fully saturated rings. The Morgan fingerprint density at radius 3 is 2.46 bits per heavy atom. The number of fused-ring (bicyclic) bond motifs is 1. The van der Waals surface area contributed by atoms with E-state index in [1.54, 1.807) is 0 Å². The maximum absolute atomic E-state index is 6.20. The summed E-state index contributed by atoms with van der Waals surface area (Å²) in [4.78, 5) is 4.87. The van der Waals surface area contributed by atoms with Gasteiger partial charge in [0.15, 0.2) is 0 Å². The number of hydrogen-bond acceptors (Lipinski definition) is 2. The van der Waals surface area contributed by atoms with Crippen molar-refractivity contribution in [2.24, 2.45) is 0 Å². The van der Waals surface area contributed by atoms with Crippen molar-refractivity contribution in [2.45, 2.75) is 0 Å². The molecule has 0 bridgehead atoms. The van der Waals surface area contributed by atoms with Crippen molar-refractivity contribution in [3.05, 3.63) is 89.6 Å². The third kappa shape index (κ3) is 2.72. The van der Waals surface area contributed by atoms with E-state index in [0.29, 0.717) is 5.02 Å². The number of anilines is 1. The van der Waals surface area contributed by atoms with Gasteiger partial charge in [0.1, 0.15) is 5.82 Å². The van der Waals surface area contributed by atoms with Gasteiger partial charge in [-0.15, -0.1) is 0 Å².